The van der Waals surface area contributed by atoms with E-state index in [0.717, 1.165) is 0 Å². The Kier molecular flexibility index (Phi) is 1.70. The molecule has 1 heterocycles. The fraction of sp³-hybridized carbons (Fsp3) is 0.500. The monoisotopic (exact) mass is 134 g/mol. The van der Waals surface area contributed by atoms with Crippen molar-refractivity contribution < 1.29 is 9.53 Å². The highest BCUT2D eigenvalue weighted by atomic mass is 35.5. The Hall–Kier alpha value is -0.280. The zero-order chi connectivity index (χ0) is 5.98. The van der Waals surface area contributed by atoms with E-state index in [1.807, 2.05) is 0 Å². The van der Waals surface area contributed by atoms with Crippen molar-refractivity contribution in [3.63, 3.8) is 0 Å². The van der Waals surface area contributed by atoms with Crippen LogP contribution in [0.15, 0.2) is 0 Å². The topological polar surface area (TPSA) is 29.5 Å². The number of halogens is 1. The number of hydrogen-bond donors (Lipinski definition) is 0. The maximum atomic E-state index is 10.5. The van der Waals surface area contributed by atoms with Crippen molar-refractivity contribution in [1.82, 2.24) is 4.90 Å². The summed E-state index contributed by atoms with van der Waals surface area (Å²) >= 11 is 5.30. The molecule has 0 saturated carbocycles. The molecule has 1 aliphatic heterocycles. The lowest BCUT2D eigenvalue weighted by Gasteiger charge is -2.18. The van der Waals surface area contributed by atoms with Crippen LogP contribution >= 0.6 is 11.6 Å². The highest BCUT2D eigenvalue weighted by molar-refractivity contribution is 6.18. The summed E-state index contributed by atoms with van der Waals surface area (Å²) in [6.45, 7) is 1.46. The van der Waals surface area contributed by atoms with Gasteiger partial charge in [-0.3, -0.25) is 4.79 Å². The minimum Gasteiger partial charge on any atom is -0.524 e. The molecular weight excluding hydrogens is 130 g/mol. The van der Waals surface area contributed by atoms with Gasteiger partial charge in [0.1, 0.15) is 0 Å². The number of hydrogen-bond acceptors (Lipinski definition) is 2. The number of carbonyl (C=O) groups excluding carboxylic acids is 1. The van der Waals surface area contributed by atoms with Gasteiger partial charge in [-0.1, -0.05) is 0 Å². The average Bonchev–Trinajstić information content (AvgIpc) is 2.14. The number of nitrogens with zero attached hydrogens (tertiary/aromatic N) is 1. The molecule has 1 fully saturated rings. The molecule has 46 valence electrons. The average molecular weight is 135 g/mol. The number of amides is 1. The van der Waals surface area contributed by atoms with Crippen molar-refractivity contribution in [3.05, 3.63) is 6.73 Å². The Bertz CT molecular complexity index is 106. The summed E-state index contributed by atoms with van der Waals surface area (Å²) in [5, 5.41) is 0. The molecule has 0 aromatic rings. The standard InChI is InChI=1S/C4H5ClNO2/c5-2-6-3-8-1-4(6)7/h3H,1-2H2/q-1. The maximum absolute atomic E-state index is 10.5. The molecule has 0 aliphatic carbocycles. The molecule has 0 radical (unpaired) electrons. The molecule has 0 aromatic carbocycles. The molecule has 4 heteroatoms. The SMILES string of the molecule is O=C1CO[CH-]N1CCl. The molecule has 0 N–H and O–H groups in total. The van der Waals surface area contributed by atoms with Gasteiger partial charge in [-0.05, 0) is 0 Å². The summed E-state index contributed by atoms with van der Waals surface area (Å²) in [7, 11) is 0. The number of carbonyl (C=O) groups is 1. The predicted molar refractivity (Wildman–Crippen MR) is 27.8 cm³/mol. The van der Waals surface area contributed by atoms with E-state index in [4.69, 9.17) is 11.6 Å². The van der Waals surface area contributed by atoms with E-state index in [1.165, 1.54) is 11.6 Å². The molecular formula is C4H5ClNO2-. The first-order valence-corrected chi connectivity index (χ1v) is 2.68. The first-order valence-electron chi connectivity index (χ1n) is 2.15. The van der Waals surface area contributed by atoms with Gasteiger partial charge in [0.05, 0.1) is 12.6 Å². The minimum absolute atomic E-state index is 0.0833. The second-order valence-corrected chi connectivity index (χ2v) is 1.64. The molecule has 1 saturated heterocycles. The van der Waals surface area contributed by atoms with Gasteiger partial charge < -0.3 is 9.64 Å². The fourth-order valence-corrected chi connectivity index (χ4v) is 0.625. The molecule has 8 heavy (non-hydrogen) atoms. The van der Waals surface area contributed by atoms with E-state index >= 15 is 0 Å². The van der Waals surface area contributed by atoms with Crippen molar-refractivity contribution in [2.24, 2.45) is 0 Å². The van der Waals surface area contributed by atoms with Crippen LogP contribution in [0.1, 0.15) is 0 Å². The van der Waals surface area contributed by atoms with E-state index in [9.17, 15) is 4.79 Å². The molecule has 1 aliphatic rings. The smallest absolute Gasteiger partial charge is 0.219 e. The van der Waals surface area contributed by atoms with Crippen LogP contribution in [0.25, 0.3) is 0 Å². The summed E-state index contributed by atoms with van der Waals surface area (Å²) in [6, 6.07) is 0.179. The lowest BCUT2D eigenvalue weighted by atomic mass is 10.6. The van der Waals surface area contributed by atoms with Gasteiger partial charge in [0.15, 0.2) is 0 Å². The van der Waals surface area contributed by atoms with Gasteiger partial charge in [0.2, 0.25) is 5.91 Å². The third-order valence-electron chi connectivity index (χ3n) is 0.858. The first kappa shape index (κ1) is 5.85. The number of rotatable bonds is 1. The molecule has 3 nitrogen and oxygen atoms in total. The van der Waals surface area contributed by atoms with Gasteiger partial charge >= 0.3 is 0 Å². The van der Waals surface area contributed by atoms with Crippen molar-refractivity contribution in [2.75, 3.05) is 12.6 Å². The van der Waals surface area contributed by atoms with Crippen LogP contribution in [0.3, 0.4) is 0 Å². The van der Waals surface area contributed by atoms with Gasteiger partial charge in [0.25, 0.3) is 0 Å². The second kappa shape index (κ2) is 2.33. The summed E-state index contributed by atoms with van der Waals surface area (Å²) in [4.78, 5) is 11.8. The highest BCUT2D eigenvalue weighted by Gasteiger charge is 2.08. The third-order valence-corrected chi connectivity index (χ3v) is 1.12. The Morgan fingerprint density at radius 3 is 3.00 bits per heavy atom. The Labute approximate surface area is 52.2 Å². The van der Waals surface area contributed by atoms with Crippen LogP contribution in [-0.4, -0.2) is 23.4 Å². The van der Waals surface area contributed by atoms with E-state index in [0.29, 0.717) is 0 Å². The molecule has 1 rings (SSSR count). The van der Waals surface area contributed by atoms with Gasteiger partial charge in [-0.15, -0.1) is 18.3 Å². The van der Waals surface area contributed by atoms with Crippen molar-refractivity contribution >= 4 is 17.5 Å². The van der Waals surface area contributed by atoms with Crippen molar-refractivity contribution in [3.8, 4) is 0 Å². The Morgan fingerprint density at radius 1 is 2.00 bits per heavy atom. The lowest BCUT2D eigenvalue weighted by molar-refractivity contribution is -0.125. The normalized spacial score (nSPS) is 20.1. The van der Waals surface area contributed by atoms with E-state index in [-0.39, 0.29) is 18.5 Å². The summed E-state index contributed by atoms with van der Waals surface area (Å²) in [5.74, 6) is -0.0833. The van der Waals surface area contributed by atoms with Crippen LogP contribution in [0.2, 0.25) is 0 Å². The second-order valence-electron chi connectivity index (χ2n) is 1.40. The van der Waals surface area contributed by atoms with Crippen LogP contribution < -0.4 is 0 Å². The number of alkyl halides is 1. The Balaban J connectivity index is 2.42. The molecule has 0 unspecified atom stereocenters. The number of ether oxygens (including phenoxy) is 1. The van der Waals surface area contributed by atoms with Crippen LogP contribution in [-0.2, 0) is 9.53 Å². The molecule has 1 amide bonds. The first-order chi connectivity index (χ1) is 3.84. The van der Waals surface area contributed by atoms with Crippen LogP contribution in [0.4, 0.5) is 0 Å². The van der Waals surface area contributed by atoms with Gasteiger partial charge in [-0.25, -0.2) is 0 Å². The molecule has 0 bridgehead atoms. The van der Waals surface area contributed by atoms with Crippen LogP contribution in [0.5, 0.6) is 0 Å². The van der Waals surface area contributed by atoms with Crippen molar-refractivity contribution in [2.45, 2.75) is 0 Å². The summed E-state index contributed by atoms with van der Waals surface area (Å²) in [5.41, 5.74) is 0. The largest absolute Gasteiger partial charge is 0.524 e. The van der Waals surface area contributed by atoms with E-state index < -0.39 is 0 Å². The van der Waals surface area contributed by atoms with Gasteiger partial charge in [0, 0.05) is 0 Å². The highest BCUT2D eigenvalue weighted by Crippen LogP contribution is 2.05. The lowest BCUT2D eigenvalue weighted by Crippen LogP contribution is -2.20. The van der Waals surface area contributed by atoms with Gasteiger partial charge in [-0.2, -0.15) is 0 Å². The maximum Gasteiger partial charge on any atom is 0.219 e. The van der Waals surface area contributed by atoms with Crippen LogP contribution in [0, 0.1) is 6.73 Å². The molecule has 0 atom stereocenters. The summed E-state index contributed by atoms with van der Waals surface area (Å²) < 4.78 is 4.63. The Morgan fingerprint density at radius 2 is 2.75 bits per heavy atom. The predicted octanol–water partition coefficient (Wildman–Crippen LogP) is 0.161. The zero-order valence-corrected chi connectivity index (χ0v) is 4.89. The molecule has 0 aromatic heterocycles. The van der Waals surface area contributed by atoms with Crippen molar-refractivity contribution in [1.29, 1.82) is 0 Å². The summed E-state index contributed by atoms with van der Waals surface area (Å²) in [6.07, 6.45) is 0. The quantitative estimate of drug-likeness (QED) is 0.291. The van der Waals surface area contributed by atoms with E-state index in [1.54, 1.807) is 0 Å². The third kappa shape index (κ3) is 0.928. The minimum atomic E-state index is -0.0833. The fourth-order valence-electron chi connectivity index (χ4n) is 0.435. The zero-order valence-electron chi connectivity index (χ0n) is 4.13. The molecule has 0 spiro atoms. The van der Waals surface area contributed by atoms with E-state index in [2.05, 4.69) is 4.74 Å².